The van der Waals surface area contributed by atoms with Gasteiger partial charge in [0.1, 0.15) is 6.33 Å². The van der Waals surface area contributed by atoms with Crippen LogP contribution in [0, 0.1) is 5.92 Å². The highest BCUT2D eigenvalue weighted by molar-refractivity contribution is 5.14. The monoisotopic (exact) mass is 221 g/mol. The summed E-state index contributed by atoms with van der Waals surface area (Å²) in [5, 5.41) is 0. The normalized spacial score (nSPS) is 17.9. The standard InChI is InChI=1S/C12H19N3O/c1-16-12-7-11(14-8-15-12)6-10(13)5-9-3-2-4-9/h7-10H,2-6,13H2,1H3. The molecule has 4 nitrogen and oxygen atoms in total. The van der Waals surface area contributed by atoms with E-state index in [2.05, 4.69) is 9.97 Å². The van der Waals surface area contributed by atoms with Gasteiger partial charge in [-0.15, -0.1) is 0 Å². The molecule has 1 atom stereocenters. The van der Waals surface area contributed by atoms with Gasteiger partial charge in [0.15, 0.2) is 0 Å². The van der Waals surface area contributed by atoms with Crippen molar-refractivity contribution in [3.63, 3.8) is 0 Å². The van der Waals surface area contributed by atoms with Gasteiger partial charge >= 0.3 is 0 Å². The minimum absolute atomic E-state index is 0.213. The maximum absolute atomic E-state index is 6.11. The van der Waals surface area contributed by atoms with E-state index in [0.29, 0.717) is 5.88 Å². The molecule has 1 aliphatic rings. The van der Waals surface area contributed by atoms with Crippen LogP contribution >= 0.6 is 0 Å². The molecule has 2 N–H and O–H groups in total. The highest BCUT2D eigenvalue weighted by Crippen LogP contribution is 2.30. The summed E-state index contributed by atoms with van der Waals surface area (Å²) in [4.78, 5) is 8.19. The van der Waals surface area contributed by atoms with Crippen molar-refractivity contribution in [1.82, 2.24) is 9.97 Å². The van der Waals surface area contributed by atoms with Crippen LogP contribution < -0.4 is 10.5 Å². The summed E-state index contributed by atoms with van der Waals surface area (Å²) in [5.41, 5.74) is 7.08. The first-order valence-electron chi connectivity index (χ1n) is 5.88. The molecule has 0 spiro atoms. The van der Waals surface area contributed by atoms with Crippen LogP contribution in [0.3, 0.4) is 0 Å². The Labute approximate surface area is 96.2 Å². The molecule has 1 saturated carbocycles. The van der Waals surface area contributed by atoms with E-state index in [-0.39, 0.29) is 6.04 Å². The SMILES string of the molecule is COc1cc(CC(N)CC2CCC2)ncn1. The Morgan fingerprint density at radius 3 is 2.94 bits per heavy atom. The van der Waals surface area contributed by atoms with Gasteiger partial charge in [-0.05, 0) is 12.3 Å². The third-order valence-corrected chi connectivity index (χ3v) is 3.24. The van der Waals surface area contributed by atoms with Gasteiger partial charge in [0.2, 0.25) is 5.88 Å². The first kappa shape index (κ1) is 11.3. The summed E-state index contributed by atoms with van der Waals surface area (Å²) in [6.07, 6.45) is 7.53. The van der Waals surface area contributed by atoms with Crippen molar-refractivity contribution in [3.05, 3.63) is 18.1 Å². The predicted octanol–water partition coefficient (Wildman–Crippen LogP) is 1.55. The van der Waals surface area contributed by atoms with Gasteiger partial charge in [0.25, 0.3) is 0 Å². The molecule has 0 saturated heterocycles. The minimum atomic E-state index is 0.213. The van der Waals surface area contributed by atoms with E-state index in [9.17, 15) is 0 Å². The van der Waals surface area contributed by atoms with Gasteiger partial charge in [0, 0.05) is 24.2 Å². The molecule has 0 amide bonds. The van der Waals surface area contributed by atoms with Gasteiger partial charge in [-0.2, -0.15) is 0 Å². The first-order chi connectivity index (χ1) is 7.78. The molecule has 1 fully saturated rings. The number of ether oxygens (including phenoxy) is 1. The third kappa shape index (κ3) is 2.92. The first-order valence-corrected chi connectivity index (χ1v) is 5.88. The Hall–Kier alpha value is -1.16. The van der Waals surface area contributed by atoms with Crippen molar-refractivity contribution in [2.24, 2.45) is 11.7 Å². The van der Waals surface area contributed by atoms with E-state index in [1.165, 1.54) is 25.6 Å². The molecule has 4 heteroatoms. The zero-order valence-corrected chi connectivity index (χ0v) is 9.72. The second kappa shape index (κ2) is 5.25. The van der Waals surface area contributed by atoms with Crippen LogP contribution in [-0.2, 0) is 6.42 Å². The Morgan fingerprint density at radius 1 is 1.50 bits per heavy atom. The molecule has 1 aromatic heterocycles. The average molecular weight is 221 g/mol. The quantitative estimate of drug-likeness (QED) is 0.819. The van der Waals surface area contributed by atoms with Crippen molar-refractivity contribution in [2.45, 2.75) is 38.1 Å². The zero-order valence-electron chi connectivity index (χ0n) is 9.72. The summed E-state index contributed by atoms with van der Waals surface area (Å²) in [7, 11) is 1.61. The molecule has 1 unspecified atom stereocenters. The molecular weight excluding hydrogens is 202 g/mol. The lowest BCUT2D eigenvalue weighted by molar-refractivity contribution is 0.275. The van der Waals surface area contributed by atoms with Gasteiger partial charge in [-0.3, -0.25) is 0 Å². The fourth-order valence-electron chi connectivity index (χ4n) is 2.11. The second-order valence-electron chi connectivity index (χ2n) is 4.55. The number of hydrogen-bond acceptors (Lipinski definition) is 4. The molecule has 16 heavy (non-hydrogen) atoms. The van der Waals surface area contributed by atoms with Crippen molar-refractivity contribution in [1.29, 1.82) is 0 Å². The van der Waals surface area contributed by atoms with E-state index in [0.717, 1.165) is 24.5 Å². The molecule has 1 heterocycles. The molecule has 2 rings (SSSR count). The van der Waals surface area contributed by atoms with Gasteiger partial charge in [-0.1, -0.05) is 19.3 Å². The lowest BCUT2D eigenvalue weighted by atomic mass is 9.80. The van der Waals surface area contributed by atoms with E-state index >= 15 is 0 Å². The van der Waals surface area contributed by atoms with Crippen molar-refractivity contribution >= 4 is 0 Å². The summed E-state index contributed by atoms with van der Waals surface area (Å²) in [6, 6.07) is 2.07. The van der Waals surface area contributed by atoms with Crippen molar-refractivity contribution < 1.29 is 4.74 Å². The largest absolute Gasteiger partial charge is 0.481 e. The molecule has 1 aromatic rings. The van der Waals surface area contributed by atoms with E-state index in [4.69, 9.17) is 10.5 Å². The Kier molecular flexibility index (Phi) is 3.72. The fraction of sp³-hybridized carbons (Fsp3) is 0.667. The van der Waals surface area contributed by atoms with Crippen molar-refractivity contribution in [3.8, 4) is 5.88 Å². The Morgan fingerprint density at radius 2 is 2.31 bits per heavy atom. The van der Waals surface area contributed by atoms with Crippen LogP contribution in [0.1, 0.15) is 31.4 Å². The van der Waals surface area contributed by atoms with Gasteiger partial charge < -0.3 is 10.5 Å². The predicted molar refractivity (Wildman–Crippen MR) is 62.2 cm³/mol. The number of nitrogens with two attached hydrogens (primary N) is 1. The summed E-state index contributed by atoms with van der Waals surface area (Å²) in [5.74, 6) is 1.46. The van der Waals surface area contributed by atoms with Gasteiger partial charge in [0.05, 0.1) is 7.11 Å². The van der Waals surface area contributed by atoms with Crippen LogP contribution in [0.5, 0.6) is 5.88 Å². The minimum Gasteiger partial charge on any atom is -0.481 e. The number of aromatic nitrogens is 2. The molecule has 0 aromatic carbocycles. The maximum atomic E-state index is 6.11. The average Bonchev–Trinajstić information content (AvgIpc) is 2.24. The molecule has 0 aliphatic heterocycles. The topological polar surface area (TPSA) is 61.0 Å². The smallest absolute Gasteiger partial charge is 0.216 e. The number of rotatable bonds is 5. The zero-order chi connectivity index (χ0) is 11.4. The molecule has 88 valence electrons. The van der Waals surface area contributed by atoms with Crippen LogP contribution in [0.4, 0.5) is 0 Å². The molecule has 1 aliphatic carbocycles. The van der Waals surface area contributed by atoms with Crippen LogP contribution in [-0.4, -0.2) is 23.1 Å². The lowest BCUT2D eigenvalue weighted by Crippen LogP contribution is -2.28. The van der Waals surface area contributed by atoms with Crippen LogP contribution in [0.15, 0.2) is 12.4 Å². The van der Waals surface area contributed by atoms with Crippen LogP contribution in [0.2, 0.25) is 0 Å². The Balaban J connectivity index is 1.86. The van der Waals surface area contributed by atoms with E-state index < -0.39 is 0 Å². The molecule has 0 radical (unpaired) electrons. The third-order valence-electron chi connectivity index (χ3n) is 3.24. The summed E-state index contributed by atoms with van der Waals surface area (Å²) in [6.45, 7) is 0. The summed E-state index contributed by atoms with van der Waals surface area (Å²) < 4.78 is 5.06. The second-order valence-corrected chi connectivity index (χ2v) is 4.55. The van der Waals surface area contributed by atoms with Gasteiger partial charge in [-0.25, -0.2) is 9.97 Å². The maximum Gasteiger partial charge on any atom is 0.216 e. The van der Waals surface area contributed by atoms with Crippen molar-refractivity contribution in [2.75, 3.05) is 7.11 Å². The Bertz CT molecular complexity index is 339. The summed E-state index contributed by atoms with van der Waals surface area (Å²) >= 11 is 0. The van der Waals surface area contributed by atoms with Crippen LogP contribution in [0.25, 0.3) is 0 Å². The van der Waals surface area contributed by atoms with E-state index in [1.807, 2.05) is 6.07 Å². The molecule has 0 bridgehead atoms. The number of methoxy groups -OCH3 is 1. The lowest BCUT2D eigenvalue weighted by Gasteiger charge is -2.27. The highest BCUT2D eigenvalue weighted by atomic mass is 16.5. The highest BCUT2D eigenvalue weighted by Gasteiger charge is 2.20. The molecular formula is C12H19N3O. The fourth-order valence-corrected chi connectivity index (χ4v) is 2.11. The number of hydrogen-bond donors (Lipinski definition) is 1. The number of nitrogens with zero attached hydrogens (tertiary/aromatic N) is 2. The van der Waals surface area contributed by atoms with E-state index in [1.54, 1.807) is 7.11 Å².